The van der Waals surface area contributed by atoms with Crippen LogP contribution in [0.3, 0.4) is 0 Å². The highest BCUT2D eigenvalue weighted by Crippen LogP contribution is 2.48. The summed E-state index contributed by atoms with van der Waals surface area (Å²) in [5, 5.41) is 18.1. The average molecular weight is 877 g/mol. The normalized spacial score (nSPS) is 17.3. The summed E-state index contributed by atoms with van der Waals surface area (Å²) < 4.78 is 23.2. The number of carboxylic acids is 2. The molecule has 4 aromatic carbocycles. The van der Waals surface area contributed by atoms with Crippen LogP contribution in [-0.4, -0.2) is 47.3 Å². The van der Waals surface area contributed by atoms with Crippen LogP contribution in [-0.2, 0) is 40.7 Å². The SMILES string of the molecule is CCCCOC(C(=O)Oc1ccc(C(=O)O)cc1)c1ccc2c(c1)C(C)(C)CCC2(C)C.CCCCOC(C(=O)Oc1ccc(C(=O)O)cc1)c1ccc2c(c1)C(C)(C)CCC2(C)C. The first kappa shape index (κ1) is 49.7. The van der Waals surface area contributed by atoms with E-state index in [0.717, 1.165) is 62.5 Å². The summed E-state index contributed by atoms with van der Waals surface area (Å²) in [7, 11) is 0. The lowest BCUT2D eigenvalue weighted by Crippen LogP contribution is -2.34. The molecular formula is C54H68O10. The van der Waals surface area contributed by atoms with E-state index in [0.29, 0.717) is 24.7 Å². The predicted molar refractivity (Wildman–Crippen MR) is 249 cm³/mol. The molecule has 2 unspecified atom stereocenters. The number of rotatable bonds is 16. The molecule has 0 fully saturated rings. The Morgan fingerprint density at radius 1 is 0.484 bits per heavy atom. The van der Waals surface area contributed by atoms with E-state index in [4.69, 9.17) is 29.2 Å². The van der Waals surface area contributed by atoms with E-state index < -0.39 is 36.1 Å². The highest BCUT2D eigenvalue weighted by atomic mass is 16.6. The van der Waals surface area contributed by atoms with Crippen molar-refractivity contribution in [3.05, 3.63) is 129 Å². The first-order valence-corrected chi connectivity index (χ1v) is 22.7. The number of hydrogen-bond donors (Lipinski definition) is 2. The largest absolute Gasteiger partial charge is 0.478 e. The second-order valence-corrected chi connectivity index (χ2v) is 19.9. The molecule has 0 aromatic heterocycles. The Bertz CT molecular complexity index is 2110. The van der Waals surface area contributed by atoms with Crippen molar-refractivity contribution in [2.75, 3.05) is 13.2 Å². The first-order chi connectivity index (χ1) is 30.1. The number of fused-ring (bicyclic) bond motifs is 2. The Morgan fingerprint density at radius 2 is 0.797 bits per heavy atom. The van der Waals surface area contributed by atoms with E-state index in [1.165, 1.54) is 70.8 Å². The lowest BCUT2D eigenvalue weighted by molar-refractivity contribution is -0.148. The molecule has 0 saturated carbocycles. The van der Waals surface area contributed by atoms with Crippen LogP contribution in [0, 0.1) is 0 Å². The maximum atomic E-state index is 13.1. The van der Waals surface area contributed by atoms with Crippen LogP contribution in [0.15, 0.2) is 84.9 Å². The van der Waals surface area contributed by atoms with Crippen molar-refractivity contribution >= 4 is 23.9 Å². The fourth-order valence-corrected chi connectivity index (χ4v) is 8.50. The van der Waals surface area contributed by atoms with Gasteiger partial charge in [0, 0.05) is 13.2 Å². The molecule has 0 amide bonds. The molecule has 2 aliphatic rings. The number of aromatic carboxylic acids is 2. The molecule has 0 heterocycles. The summed E-state index contributed by atoms with van der Waals surface area (Å²) in [6.07, 6.45) is 6.35. The molecule has 0 aliphatic heterocycles. The molecule has 2 aliphatic carbocycles. The Kier molecular flexibility index (Phi) is 16.0. The summed E-state index contributed by atoms with van der Waals surface area (Å²) in [5.74, 6) is -2.47. The van der Waals surface area contributed by atoms with Crippen molar-refractivity contribution in [2.24, 2.45) is 0 Å². The molecule has 2 atom stereocenters. The number of carbonyl (C=O) groups is 4. The lowest BCUT2D eigenvalue weighted by atomic mass is 9.63. The Balaban J connectivity index is 0.000000241. The minimum Gasteiger partial charge on any atom is -0.478 e. The second-order valence-electron chi connectivity index (χ2n) is 19.9. The second kappa shape index (κ2) is 20.7. The van der Waals surface area contributed by atoms with Gasteiger partial charge in [0.15, 0.2) is 12.2 Å². The van der Waals surface area contributed by atoms with E-state index >= 15 is 0 Å². The van der Waals surface area contributed by atoms with Crippen molar-refractivity contribution in [3.63, 3.8) is 0 Å². The van der Waals surface area contributed by atoms with E-state index in [1.54, 1.807) is 0 Å². The molecule has 2 N–H and O–H groups in total. The number of esters is 2. The van der Waals surface area contributed by atoms with E-state index in [2.05, 4.69) is 93.5 Å². The highest BCUT2D eigenvalue weighted by Gasteiger charge is 2.39. The minimum atomic E-state index is -1.02. The summed E-state index contributed by atoms with van der Waals surface area (Å²) in [5.41, 5.74) is 7.24. The van der Waals surface area contributed by atoms with Gasteiger partial charge >= 0.3 is 23.9 Å². The standard InChI is InChI=1S/2C27H34O5/c2*1-6-7-16-31-23(25(30)32-20-11-8-18(9-12-20)24(28)29)19-10-13-21-22(17-19)27(4,5)15-14-26(21,2)3/h2*8-13,17,23H,6-7,14-16H2,1-5H3,(H,28,29). The topological polar surface area (TPSA) is 146 Å². The highest BCUT2D eigenvalue weighted by molar-refractivity contribution is 5.88. The van der Waals surface area contributed by atoms with E-state index in [1.807, 2.05) is 12.1 Å². The summed E-state index contributed by atoms with van der Waals surface area (Å²) in [6.45, 7) is 23.1. The zero-order valence-corrected chi connectivity index (χ0v) is 39.5. The van der Waals surface area contributed by atoms with Gasteiger partial charge in [0.25, 0.3) is 0 Å². The maximum absolute atomic E-state index is 13.1. The fourth-order valence-electron chi connectivity index (χ4n) is 8.50. The van der Waals surface area contributed by atoms with Gasteiger partial charge in [-0.3, -0.25) is 0 Å². The van der Waals surface area contributed by atoms with Crippen LogP contribution in [0.5, 0.6) is 11.5 Å². The van der Waals surface area contributed by atoms with Crippen LogP contribution >= 0.6 is 0 Å². The van der Waals surface area contributed by atoms with Gasteiger partial charge in [0.2, 0.25) is 0 Å². The number of unbranched alkanes of at least 4 members (excludes halogenated alkanes) is 2. The van der Waals surface area contributed by atoms with Crippen molar-refractivity contribution in [3.8, 4) is 11.5 Å². The van der Waals surface area contributed by atoms with Crippen molar-refractivity contribution in [2.45, 2.75) is 154 Å². The van der Waals surface area contributed by atoms with Crippen molar-refractivity contribution in [1.82, 2.24) is 0 Å². The van der Waals surface area contributed by atoms with E-state index in [-0.39, 0.29) is 32.8 Å². The fraction of sp³-hybridized carbons (Fsp3) is 0.481. The van der Waals surface area contributed by atoms with Crippen LogP contribution in [0.2, 0.25) is 0 Å². The quantitative estimate of drug-likeness (QED) is 0.0633. The molecule has 4 aromatic rings. The van der Waals surface area contributed by atoms with Gasteiger partial charge in [0.1, 0.15) is 11.5 Å². The minimum absolute atomic E-state index is 0.0192. The summed E-state index contributed by atoms with van der Waals surface area (Å²) in [4.78, 5) is 48.4. The van der Waals surface area contributed by atoms with Crippen LogP contribution in [0.1, 0.15) is 187 Å². The number of benzene rings is 4. The maximum Gasteiger partial charge on any atom is 0.345 e. The van der Waals surface area contributed by atoms with Gasteiger partial charge in [-0.05, 0) is 142 Å². The average Bonchev–Trinajstić information content (AvgIpc) is 3.25. The van der Waals surface area contributed by atoms with Gasteiger partial charge in [0.05, 0.1) is 11.1 Å². The van der Waals surface area contributed by atoms with Gasteiger partial charge in [-0.25, -0.2) is 19.2 Å². The van der Waals surface area contributed by atoms with Crippen LogP contribution in [0.4, 0.5) is 0 Å². The predicted octanol–water partition coefficient (Wildman–Crippen LogP) is 12.4. The van der Waals surface area contributed by atoms with Gasteiger partial charge in [-0.15, -0.1) is 0 Å². The number of ether oxygens (including phenoxy) is 4. The van der Waals surface area contributed by atoms with Crippen LogP contribution in [0.25, 0.3) is 0 Å². The molecule has 0 spiro atoms. The van der Waals surface area contributed by atoms with Crippen molar-refractivity contribution in [1.29, 1.82) is 0 Å². The van der Waals surface area contributed by atoms with Crippen molar-refractivity contribution < 1.29 is 48.3 Å². The Morgan fingerprint density at radius 3 is 1.09 bits per heavy atom. The molecule has 6 rings (SSSR count). The van der Waals surface area contributed by atoms with E-state index in [9.17, 15) is 19.2 Å². The zero-order valence-electron chi connectivity index (χ0n) is 39.5. The van der Waals surface area contributed by atoms with Crippen LogP contribution < -0.4 is 9.47 Å². The number of carboxylic acid groups (broad SMARTS) is 2. The molecule has 0 radical (unpaired) electrons. The third-order valence-corrected chi connectivity index (χ3v) is 13.0. The molecular weight excluding hydrogens is 809 g/mol. The Labute approximate surface area is 379 Å². The molecule has 0 bridgehead atoms. The molecule has 64 heavy (non-hydrogen) atoms. The molecule has 344 valence electrons. The van der Waals surface area contributed by atoms with Gasteiger partial charge in [-0.1, -0.05) is 118 Å². The zero-order chi connectivity index (χ0) is 47.0. The van der Waals surface area contributed by atoms with Gasteiger partial charge < -0.3 is 29.2 Å². The van der Waals surface area contributed by atoms with Gasteiger partial charge in [-0.2, -0.15) is 0 Å². The summed E-state index contributed by atoms with van der Waals surface area (Å²) in [6, 6.07) is 24.1. The smallest absolute Gasteiger partial charge is 0.345 e. The third-order valence-electron chi connectivity index (χ3n) is 13.0. The molecule has 10 heteroatoms. The number of carbonyl (C=O) groups excluding carboxylic acids is 2. The lowest BCUT2D eigenvalue weighted by Gasteiger charge is -2.42. The molecule has 10 nitrogen and oxygen atoms in total. The first-order valence-electron chi connectivity index (χ1n) is 22.7. The third kappa shape index (κ3) is 12.1. The monoisotopic (exact) mass is 876 g/mol. The Hall–Kier alpha value is -5.32. The number of hydrogen-bond acceptors (Lipinski definition) is 8. The molecule has 0 saturated heterocycles. The summed E-state index contributed by atoms with van der Waals surface area (Å²) >= 11 is 0.